The van der Waals surface area contributed by atoms with Gasteiger partial charge in [-0.25, -0.2) is 0 Å². The third-order valence-electron chi connectivity index (χ3n) is 2.53. The Kier molecular flexibility index (Phi) is 2.59. The van der Waals surface area contributed by atoms with Crippen LogP contribution < -0.4 is 4.74 Å². The Balaban J connectivity index is 2.46. The molecule has 2 rings (SSSR count). The summed E-state index contributed by atoms with van der Waals surface area (Å²) in [7, 11) is 1.61. The molecule has 0 aromatic heterocycles. The van der Waals surface area contributed by atoms with Crippen LogP contribution in [-0.2, 0) is 6.42 Å². The number of methoxy groups -OCH3 is 1. The van der Waals surface area contributed by atoms with Crippen molar-refractivity contribution in [3.05, 3.63) is 29.3 Å². The van der Waals surface area contributed by atoms with Crippen molar-refractivity contribution < 1.29 is 9.53 Å². The number of halogens is 1. The number of Topliss-reactive ketones (excluding diaryl/α,β-unsaturated/α-hetero) is 1. The number of carbonyl (C=O) groups is 1. The molecule has 2 nitrogen and oxygen atoms in total. The molecule has 0 bridgehead atoms. The van der Waals surface area contributed by atoms with Crippen LogP contribution in [0.3, 0.4) is 0 Å². The predicted molar refractivity (Wildman–Crippen MR) is 58.4 cm³/mol. The van der Waals surface area contributed by atoms with Gasteiger partial charge in [0.05, 0.1) is 11.9 Å². The van der Waals surface area contributed by atoms with Crippen molar-refractivity contribution in [1.29, 1.82) is 0 Å². The average molecular weight is 255 g/mol. The zero-order valence-corrected chi connectivity index (χ0v) is 9.50. The number of hydrogen-bond donors (Lipinski definition) is 0. The summed E-state index contributed by atoms with van der Waals surface area (Å²) in [4.78, 5) is 11.8. The number of ketones is 1. The molecular formula is C11H11BrO2. The highest BCUT2D eigenvalue weighted by Crippen LogP contribution is 2.28. The first-order valence-corrected chi connectivity index (χ1v) is 5.49. The highest BCUT2D eigenvalue weighted by molar-refractivity contribution is 9.10. The number of aryl methyl sites for hydroxylation is 1. The molecule has 0 aliphatic heterocycles. The topological polar surface area (TPSA) is 26.3 Å². The van der Waals surface area contributed by atoms with Gasteiger partial charge in [0.1, 0.15) is 5.75 Å². The zero-order chi connectivity index (χ0) is 10.1. The molecule has 14 heavy (non-hydrogen) atoms. The van der Waals surface area contributed by atoms with E-state index in [-0.39, 0.29) is 10.6 Å². The Morgan fingerprint density at radius 3 is 3.00 bits per heavy atom. The summed E-state index contributed by atoms with van der Waals surface area (Å²) < 4.78 is 5.10. The van der Waals surface area contributed by atoms with Gasteiger partial charge >= 0.3 is 0 Å². The van der Waals surface area contributed by atoms with Gasteiger partial charge in [0, 0.05) is 5.56 Å². The second kappa shape index (κ2) is 3.73. The molecule has 0 heterocycles. The van der Waals surface area contributed by atoms with Gasteiger partial charge < -0.3 is 4.74 Å². The minimum Gasteiger partial charge on any atom is -0.497 e. The first-order chi connectivity index (χ1) is 6.72. The first kappa shape index (κ1) is 9.71. The van der Waals surface area contributed by atoms with Crippen LogP contribution in [0.2, 0.25) is 0 Å². The van der Waals surface area contributed by atoms with Crippen LogP contribution in [0.25, 0.3) is 0 Å². The molecule has 3 heteroatoms. The SMILES string of the molecule is COc1ccc2c(c1)C(=O)[C@H](Br)CC2. The van der Waals surface area contributed by atoms with Crippen LogP contribution in [0.15, 0.2) is 18.2 Å². The van der Waals surface area contributed by atoms with Crippen LogP contribution >= 0.6 is 15.9 Å². The molecule has 0 amide bonds. The maximum Gasteiger partial charge on any atom is 0.176 e. The molecule has 0 fully saturated rings. The van der Waals surface area contributed by atoms with Crippen molar-refractivity contribution in [1.82, 2.24) is 0 Å². The Morgan fingerprint density at radius 2 is 2.29 bits per heavy atom. The van der Waals surface area contributed by atoms with E-state index in [1.807, 2.05) is 18.2 Å². The lowest BCUT2D eigenvalue weighted by atomic mass is 9.90. The molecule has 0 radical (unpaired) electrons. The Hall–Kier alpha value is -0.830. The van der Waals surface area contributed by atoms with E-state index in [1.54, 1.807) is 7.11 Å². The van der Waals surface area contributed by atoms with Crippen molar-refractivity contribution in [2.24, 2.45) is 0 Å². The van der Waals surface area contributed by atoms with Crippen molar-refractivity contribution in [3.63, 3.8) is 0 Å². The van der Waals surface area contributed by atoms with E-state index >= 15 is 0 Å². The lowest BCUT2D eigenvalue weighted by Gasteiger charge is -2.19. The molecule has 0 N–H and O–H groups in total. The molecule has 1 aromatic rings. The third kappa shape index (κ3) is 1.57. The molecular weight excluding hydrogens is 244 g/mol. The molecule has 0 saturated heterocycles. The number of benzene rings is 1. The molecule has 1 atom stereocenters. The Bertz CT molecular complexity index is 374. The molecule has 0 unspecified atom stereocenters. The van der Waals surface area contributed by atoms with E-state index in [0.717, 1.165) is 29.7 Å². The van der Waals surface area contributed by atoms with Crippen molar-refractivity contribution >= 4 is 21.7 Å². The molecule has 1 aliphatic rings. The summed E-state index contributed by atoms with van der Waals surface area (Å²) in [6.07, 6.45) is 1.85. The first-order valence-electron chi connectivity index (χ1n) is 4.57. The summed E-state index contributed by atoms with van der Waals surface area (Å²) in [5.74, 6) is 0.920. The smallest absolute Gasteiger partial charge is 0.176 e. The van der Waals surface area contributed by atoms with Crippen LogP contribution in [0.4, 0.5) is 0 Å². The number of ether oxygens (including phenoxy) is 1. The Labute approximate surface area is 91.4 Å². The van der Waals surface area contributed by atoms with Gasteiger partial charge in [0.2, 0.25) is 0 Å². The normalized spacial score (nSPS) is 20.4. The summed E-state index contributed by atoms with van der Waals surface area (Å²) in [5, 5.41) is 0. The van der Waals surface area contributed by atoms with Gasteiger partial charge in [-0.15, -0.1) is 0 Å². The van der Waals surface area contributed by atoms with E-state index in [2.05, 4.69) is 15.9 Å². The number of fused-ring (bicyclic) bond motifs is 1. The Morgan fingerprint density at radius 1 is 1.50 bits per heavy atom. The summed E-state index contributed by atoms with van der Waals surface area (Å²) in [5.41, 5.74) is 1.93. The van der Waals surface area contributed by atoms with Crippen molar-refractivity contribution in [2.45, 2.75) is 17.7 Å². The summed E-state index contributed by atoms with van der Waals surface area (Å²) >= 11 is 3.38. The maximum atomic E-state index is 11.8. The molecule has 0 saturated carbocycles. The third-order valence-corrected chi connectivity index (χ3v) is 3.41. The van der Waals surface area contributed by atoms with Crippen molar-refractivity contribution in [2.75, 3.05) is 7.11 Å². The van der Waals surface area contributed by atoms with Gasteiger partial charge in [-0.05, 0) is 30.5 Å². The van der Waals surface area contributed by atoms with Crippen LogP contribution in [0.5, 0.6) is 5.75 Å². The lowest BCUT2D eigenvalue weighted by molar-refractivity contribution is 0.0981. The fourth-order valence-corrected chi connectivity index (χ4v) is 2.19. The average Bonchev–Trinajstić information content (AvgIpc) is 2.23. The zero-order valence-electron chi connectivity index (χ0n) is 7.92. The highest BCUT2D eigenvalue weighted by Gasteiger charge is 2.25. The largest absolute Gasteiger partial charge is 0.497 e. The second-order valence-corrected chi connectivity index (χ2v) is 4.50. The number of alkyl halides is 1. The fraction of sp³-hybridized carbons (Fsp3) is 0.364. The fourth-order valence-electron chi connectivity index (χ4n) is 1.71. The van der Waals surface area contributed by atoms with Gasteiger partial charge in [-0.2, -0.15) is 0 Å². The number of rotatable bonds is 1. The standard InChI is InChI=1S/C11H11BrO2/c1-14-8-4-2-7-3-5-10(12)11(13)9(7)6-8/h2,4,6,10H,3,5H2,1H3/t10-/m1/s1. The van der Waals surface area contributed by atoms with Crippen LogP contribution in [0, 0.1) is 0 Å². The van der Waals surface area contributed by atoms with Gasteiger partial charge in [0.15, 0.2) is 5.78 Å². The molecule has 0 spiro atoms. The molecule has 1 aliphatic carbocycles. The summed E-state index contributed by atoms with van der Waals surface area (Å²) in [6.45, 7) is 0. The van der Waals surface area contributed by atoms with Crippen LogP contribution in [0.1, 0.15) is 22.3 Å². The lowest BCUT2D eigenvalue weighted by Crippen LogP contribution is -2.22. The van der Waals surface area contributed by atoms with Gasteiger partial charge in [0.25, 0.3) is 0 Å². The van der Waals surface area contributed by atoms with E-state index in [0.29, 0.717) is 0 Å². The molecule has 74 valence electrons. The van der Waals surface area contributed by atoms with E-state index in [4.69, 9.17) is 4.74 Å². The minimum absolute atomic E-state index is 0.0258. The number of carbonyl (C=O) groups excluding carboxylic acids is 1. The van der Waals surface area contributed by atoms with E-state index in [1.165, 1.54) is 0 Å². The second-order valence-electron chi connectivity index (χ2n) is 3.39. The maximum absolute atomic E-state index is 11.8. The predicted octanol–water partition coefficient (Wildman–Crippen LogP) is 2.59. The molecule has 1 aromatic carbocycles. The van der Waals surface area contributed by atoms with E-state index in [9.17, 15) is 4.79 Å². The minimum atomic E-state index is -0.0258. The quantitative estimate of drug-likeness (QED) is 0.721. The van der Waals surface area contributed by atoms with Crippen molar-refractivity contribution in [3.8, 4) is 5.75 Å². The highest BCUT2D eigenvalue weighted by atomic mass is 79.9. The monoisotopic (exact) mass is 254 g/mol. The van der Waals surface area contributed by atoms with E-state index < -0.39 is 0 Å². The van der Waals surface area contributed by atoms with Crippen LogP contribution in [-0.4, -0.2) is 17.7 Å². The van der Waals surface area contributed by atoms with Gasteiger partial charge in [-0.1, -0.05) is 22.0 Å². The number of hydrogen-bond acceptors (Lipinski definition) is 2. The summed E-state index contributed by atoms with van der Waals surface area (Å²) in [6, 6.07) is 5.71. The van der Waals surface area contributed by atoms with Gasteiger partial charge in [-0.3, -0.25) is 4.79 Å².